The Hall–Kier alpha value is -1.88. The standard InChI is InChI=1S/C17H20N2O2S/c1-4-14(16(21)13-8-6-5-7-9-13)22-17-18-15(20)10-11-19(17)12(2)3/h5-12,14H,4H2,1-3H3/t14-/m1/s1. The lowest BCUT2D eigenvalue weighted by Crippen LogP contribution is -2.21. The summed E-state index contributed by atoms with van der Waals surface area (Å²) in [7, 11) is 0. The third-order valence-electron chi connectivity index (χ3n) is 3.33. The molecule has 0 radical (unpaired) electrons. The molecule has 0 spiro atoms. The van der Waals surface area contributed by atoms with E-state index in [9.17, 15) is 9.59 Å². The highest BCUT2D eigenvalue weighted by molar-refractivity contribution is 8.00. The molecule has 0 bridgehead atoms. The third-order valence-corrected chi connectivity index (χ3v) is 4.67. The number of benzene rings is 1. The van der Waals surface area contributed by atoms with Crippen LogP contribution < -0.4 is 5.56 Å². The van der Waals surface area contributed by atoms with E-state index < -0.39 is 0 Å². The highest BCUT2D eigenvalue weighted by Crippen LogP contribution is 2.27. The van der Waals surface area contributed by atoms with E-state index in [1.165, 1.54) is 17.8 Å². The number of nitrogens with zero attached hydrogens (tertiary/aromatic N) is 2. The van der Waals surface area contributed by atoms with Crippen molar-refractivity contribution >= 4 is 17.5 Å². The van der Waals surface area contributed by atoms with Crippen molar-refractivity contribution in [3.05, 3.63) is 58.5 Å². The van der Waals surface area contributed by atoms with Crippen LogP contribution in [0.5, 0.6) is 0 Å². The Labute approximate surface area is 134 Å². The monoisotopic (exact) mass is 316 g/mol. The first-order chi connectivity index (χ1) is 10.5. The lowest BCUT2D eigenvalue weighted by atomic mass is 10.1. The van der Waals surface area contributed by atoms with Crippen LogP contribution in [0.15, 0.2) is 52.5 Å². The maximum absolute atomic E-state index is 12.6. The number of carbonyl (C=O) groups excluding carboxylic acids is 1. The summed E-state index contributed by atoms with van der Waals surface area (Å²) in [5.74, 6) is 0.0708. The molecule has 1 aromatic carbocycles. The normalized spacial score (nSPS) is 12.4. The Kier molecular flexibility index (Phi) is 5.55. The van der Waals surface area contributed by atoms with Gasteiger partial charge in [-0.15, -0.1) is 0 Å². The molecule has 5 heteroatoms. The minimum Gasteiger partial charge on any atom is -0.325 e. The van der Waals surface area contributed by atoms with Crippen molar-refractivity contribution in [1.82, 2.24) is 9.55 Å². The number of ketones is 1. The molecule has 1 heterocycles. The molecule has 0 amide bonds. The van der Waals surface area contributed by atoms with Gasteiger partial charge in [-0.2, -0.15) is 4.98 Å². The molecule has 0 N–H and O–H groups in total. The van der Waals surface area contributed by atoms with Crippen LogP contribution in [0.2, 0.25) is 0 Å². The predicted molar refractivity (Wildman–Crippen MR) is 89.6 cm³/mol. The molecule has 0 aliphatic carbocycles. The van der Waals surface area contributed by atoms with E-state index in [4.69, 9.17) is 0 Å². The molecule has 0 unspecified atom stereocenters. The number of Topliss-reactive ketones (excluding diaryl/α,β-unsaturated/α-hetero) is 1. The summed E-state index contributed by atoms with van der Waals surface area (Å²) in [5.41, 5.74) is 0.414. The zero-order chi connectivity index (χ0) is 16.1. The number of hydrogen-bond acceptors (Lipinski definition) is 4. The second-order valence-corrected chi connectivity index (χ2v) is 6.46. The predicted octanol–water partition coefficient (Wildman–Crippen LogP) is 3.58. The Bertz CT molecular complexity index is 695. The molecule has 2 aromatic rings. The number of rotatable bonds is 6. The van der Waals surface area contributed by atoms with E-state index in [1.54, 1.807) is 6.20 Å². The van der Waals surface area contributed by atoms with Gasteiger partial charge >= 0.3 is 0 Å². The summed E-state index contributed by atoms with van der Waals surface area (Å²) in [4.78, 5) is 28.2. The van der Waals surface area contributed by atoms with Crippen LogP contribution in [0.25, 0.3) is 0 Å². The van der Waals surface area contributed by atoms with Crippen molar-refractivity contribution in [3.63, 3.8) is 0 Å². The summed E-state index contributed by atoms with van der Waals surface area (Å²) in [6, 6.07) is 10.9. The van der Waals surface area contributed by atoms with Gasteiger partial charge in [-0.3, -0.25) is 9.59 Å². The first-order valence-electron chi connectivity index (χ1n) is 7.38. The Morgan fingerprint density at radius 2 is 1.91 bits per heavy atom. The molecular formula is C17H20N2O2S. The summed E-state index contributed by atoms with van der Waals surface area (Å²) in [6.45, 7) is 6.02. The minimum atomic E-state index is -0.276. The van der Waals surface area contributed by atoms with Gasteiger partial charge in [0.15, 0.2) is 10.9 Å². The smallest absolute Gasteiger partial charge is 0.273 e. The van der Waals surface area contributed by atoms with Crippen molar-refractivity contribution in [2.24, 2.45) is 0 Å². The van der Waals surface area contributed by atoms with E-state index in [-0.39, 0.29) is 22.6 Å². The van der Waals surface area contributed by atoms with Crippen molar-refractivity contribution in [1.29, 1.82) is 0 Å². The van der Waals surface area contributed by atoms with Gasteiger partial charge in [-0.05, 0) is 20.3 Å². The molecule has 1 atom stereocenters. The largest absolute Gasteiger partial charge is 0.325 e. The molecule has 0 aliphatic heterocycles. The highest BCUT2D eigenvalue weighted by atomic mass is 32.2. The second kappa shape index (κ2) is 7.40. The van der Waals surface area contributed by atoms with Crippen LogP contribution in [0.4, 0.5) is 0 Å². The van der Waals surface area contributed by atoms with E-state index in [0.29, 0.717) is 17.1 Å². The van der Waals surface area contributed by atoms with Crippen molar-refractivity contribution in [2.75, 3.05) is 0 Å². The highest BCUT2D eigenvalue weighted by Gasteiger charge is 2.22. The number of hydrogen-bond donors (Lipinski definition) is 0. The van der Waals surface area contributed by atoms with Gasteiger partial charge < -0.3 is 4.57 Å². The van der Waals surface area contributed by atoms with Gasteiger partial charge in [-0.25, -0.2) is 0 Å². The van der Waals surface area contributed by atoms with E-state index in [0.717, 1.165) is 0 Å². The first-order valence-corrected chi connectivity index (χ1v) is 8.26. The van der Waals surface area contributed by atoms with Crippen molar-refractivity contribution < 1.29 is 4.79 Å². The quantitative estimate of drug-likeness (QED) is 0.464. The maximum atomic E-state index is 12.6. The molecular weight excluding hydrogens is 296 g/mol. The fourth-order valence-corrected chi connectivity index (χ4v) is 3.32. The van der Waals surface area contributed by atoms with E-state index in [1.807, 2.05) is 55.7 Å². The van der Waals surface area contributed by atoms with E-state index in [2.05, 4.69) is 4.98 Å². The van der Waals surface area contributed by atoms with Crippen LogP contribution in [0.3, 0.4) is 0 Å². The lowest BCUT2D eigenvalue weighted by molar-refractivity contribution is 0.0988. The van der Waals surface area contributed by atoms with Crippen molar-refractivity contribution in [3.8, 4) is 0 Å². The molecule has 116 valence electrons. The Balaban J connectivity index is 2.29. The van der Waals surface area contributed by atoms with Gasteiger partial charge in [0.05, 0.1) is 5.25 Å². The van der Waals surface area contributed by atoms with Crippen LogP contribution in [-0.4, -0.2) is 20.6 Å². The number of thioether (sulfide) groups is 1. The fourth-order valence-electron chi connectivity index (χ4n) is 2.12. The maximum Gasteiger partial charge on any atom is 0.273 e. The molecule has 22 heavy (non-hydrogen) atoms. The average molecular weight is 316 g/mol. The average Bonchev–Trinajstić information content (AvgIpc) is 2.52. The van der Waals surface area contributed by atoms with Crippen molar-refractivity contribution in [2.45, 2.75) is 43.6 Å². The molecule has 0 fully saturated rings. The molecule has 1 aromatic heterocycles. The van der Waals surface area contributed by atoms with Gasteiger partial charge in [0.1, 0.15) is 0 Å². The lowest BCUT2D eigenvalue weighted by Gasteiger charge is -2.18. The molecule has 0 saturated heterocycles. The van der Waals surface area contributed by atoms with Gasteiger partial charge in [0.2, 0.25) is 0 Å². The SMILES string of the molecule is CC[C@@H](Sc1nc(=O)ccn1C(C)C)C(=O)c1ccccc1. The van der Waals surface area contributed by atoms with Crippen LogP contribution in [-0.2, 0) is 0 Å². The minimum absolute atomic E-state index is 0.0708. The third kappa shape index (κ3) is 3.85. The van der Waals surface area contributed by atoms with E-state index >= 15 is 0 Å². The molecule has 0 aliphatic rings. The number of aromatic nitrogens is 2. The summed E-state index contributed by atoms with van der Waals surface area (Å²) >= 11 is 1.36. The Morgan fingerprint density at radius 1 is 1.23 bits per heavy atom. The molecule has 0 saturated carbocycles. The van der Waals surface area contributed by atoms with Gasteiger partial charge in [0.25, 0.3) is 5.56 Å². The molecule has 2 rings (SSSR count). The molecule has 4 nitrogen and oxygen atoms in total. The zero-order valence-corrected chi connectivity index (χ0v) is 13.8. The van der Waals surface area contributed by atoms with Crippen LogP contribution in [0, 0.1) is 0 Å². The first kappa shape index (κ1) is 16.5. The second-order valence-electron chi connectivity index (χ2n) is 5.29. The van der Waals surface area contributed by atoms with Crippen LogP contribution in [0.1, 0.15) is 43.6 Å². The fraction of sp³-hybridized carbons (Fsp3) is 0.353. The summed E-state index contributed by atoms with van der Waals surface area (Å²) in [5, 5.41) is 0.348. The summed E-state index contributed by atoms with van der Waals surface area (Å²) in [6.07, 6.45) is 2.42. The Morgan fingerprint density at radius 3 is 2.50 bits per heavy atom. The topological polar surface area (TPSA) is 52.0 Å². The van der Waals surface area contributed by atoms with Gasteiger partial charge in [0, 0.05) is 23.9 Å². The number of carbonyl (C=O) groups is 1. The van der Waals surface area contributed by atoms with Crippen LogP contribution >= 0.6 is 11.8 Å². The zero-order valence-electron chi connectivity index (χ0n) is 13.0. The summed E-state index contributed by atoms with van der Waals surface area (Å²) < 4.78 is 1.92. The van der Waals surface area contributed by atoms with Gasteiger partial charge in [-0.1, -0.05) is 49.0 Å².